The molecule has 1 aromatic heterocycles. The highest BCUT2D eigenvalue weighted by molar-refractivity contribution is 7.15. The molecule has 1 fully saturated rings. The summed E-state index contributed by atoms with van der Waals surface area (Å²) in [4.78, 5) is 11.9. The Morgan fingerprint density at radius 2 is 2.33 bits per heavy atom. The van der Waals surface area contributed by atoms with Gasteiger partial charge in [0.05, 0.1) is 5.41 Å². The summed E-state index contributed by atoms with van der Waals surface area (Å²) in [5.41, 5.74) is 5.29. The molecular formula is C9H14N4OS. The van der Waals surface area contributed by atoms with Crippen LogP contribution in [-0.2, 0) is 4.79 Å². The van der Waals surface area contributed by atoms with E-state index in [0.717, 1.165) is 24.3 Å². The Labute approximate surface area is 92.1 Å². The van der Waals surface area contributed by atoms with Crippen LogP contribution in [0.25, 0.3) is 0 Å². The van der Waals surface area contributed by atoms with Crippen molar-refractivity contribution in [1.82, 2.24) is 10.2 Å². The lowest BCUT2D eigenvalue weighted by atomic mass is 9.68. The summed E-state index contributed by atoms with van der Waals surface area (Å²) in [6, 6.07) is 0. The lowest BCUT2D eigenvalue weighted by Gasteiger charge is -2.38. The van der Waals surface area contributed by atoms with Gasteiger partial charge in [-0.2, -0.15) is 0 Å². The maximum atomic E-state index is 11.9. The molecule has 3 N–H and O–H groups in total. The Morgan fingerprint density at radius 3 is 2.73 bits per heavy atom. The van der Waals surface area contributed by atoms with E-state index < -0.39 is 0 Å². The Balaban J connectivity index is 2.03. The van der Waals surface area contributed by atoms with Crippen LogP contribution in [0.2, 0.25) is 0 Å². The first kappa shape index (κ1) is 10.5. The second kappa shape index (κ2) is 3.86. The number of hydrogen-bond acceptors (Lipinski definition) is 5. The smallest absolute Gasteiger partial charge is 0.233 e. The highest BCUT2D eigenvalue weighted by Gasteiger charge is 2.43. The van der Waals surface area contributed by atoms with Crippen LogP contribution < -0.4 is 11.1 Å². The van der Waals surface area contributed by atoms with E-state index in [2.05, 4.69) is 15.5 Å². The minimum absolute atomic E-state index is 0.00704. The van der Waals surface area contributed by atoms with Crippen molar-refractivity contribution >= 4 is 22.4 Å². The zero-order valence-electron chi connectivity index (χ0n) is 8.62. The van der Waals surface area contributed by atoms with Gasteiger partial charge in [0.1, 0.15) is 5.01 Å². The fourth-order valence-corrected chi connectivity index (χ4v) is 2.29. The highest BCUT2D eigenvalue weighted by Crippen LogP contribution is 2.40. The number of nitrogens with one attached hydrogen (secondary N) is 1. The minimum Gasteiger partial charge on any atom is -0.329 e. The summed E-state index contributed by atoms with van der Waals surface area (Å²) in [5.74, 6) is -0.00704. The van der Waals surface area contributed by atoms with E-state index in [1.54, 1.807) is 0 Å². The van der Waals surface area contributed by atoms with E-state index in [1.807, 2.05) is 6.92 Å². The minimum atomic E-state index is -0.348. The molecule has 6 heteroatoms. The Morgan fingerprint density at radius 1 is 1.60 bits per heavy atom. The zero-order chi connectivity index (χ0) is 10.9. The Hall–Kier alpha value is -1.01. The van der Waals surface area contributed by atoms with Crippen molar-refractivity contribution in [2.75, 3.05) is 11.9 Å². The molecule has 5 nitrogen and oxygen atoms in total. The topological polar surface area (TPSA) is 80.9 Å². The van der Waals surface area contributed by atoms with Gasteiger partial charge < -0.3 is 5.73 Å². The number of nitrogens with two attached hydrogens (primary N) is 1. The molecule has 0 aliphatic heterocycles. The Kier molecular flexibility index (Phi) is 2.70. The van der Waals surface area contributed by atoms with Crippen molar-refractivity contribution in [1.29, 1.82) is 0 Å². The van der Waals surface area contributed by atoms with Gasteiger partial charge in [-0.3, -0.25) is 10.1 Å². The monoisotopic (exact) mass is 226 g/mol. The number of aryl methyl sites for hydroxylation is 1. The SMILES string of the molecule is Cc1nnc(NC(=O)C2(CN)CCC2)s1. The fourth-order valence-electron chi connectivity index (χ4n) is 1.70. The van der Waals surface area contributed by atoms with Crippen molar-refractivity contribution < 1.29 is 4.79 Å². The number of amides is 1. The van der Waals surface area contributed by atoms with E-state index in [1.165, 1.54) is 11.3 Å². The first-order valence-corrected chi connectivity index (χ1v) is 5.79. The maximum Gasteiger partial charge on any atom is 0.233 e. The molecule has 0 spiro atoms. The first-order chi connectivity index (χ1) is 7.16. The molecule has 2 rings (SSSR count). The summed E-state index contributed by atoms with van der Waals surface area (Å²) < 4.78 is 0. The number of aromatic nitrogens is 2. The molecule has 0 aromatic carbocycles. The van der Waals surface area contributed by atoms with Crippen molar-refractivity contribution in [3.05, 3.63) is 5.01 Å². The third-order valence-corrected chi connectivity index (χ3v) is 3.68. The maximum absolute atomic E-state index is 11.9. The molecular weight excluding hydrogens is 212 g/mol. The van der Waals surface area contributed by atoms with Crippen LogP contribution in [0.15, 0.2) is 0 Å². The van der Waals surface area contributed by atoms with Crippen molar-refractivity contribution in [3.8, 4) is 0 Å². The van der Waals surface area contributed by atoms with Crippen LogP contribution >= 0.6 is 11.3 Å². The molecule has 1 aliphatic carbocycles. The van der Waals surface area contributed by atoms with Crippen LogP contribution in [-0.4, -0.2) is 22.6 Å². The van der Waals surface area contributed by atoms with E-state index in [-0.39, 0.29) is 11.3 Å². The average molecular weight is 226 g/mol. The number of anilines is 1. The first-order valence-electron chi connectivity index (χ1n) is 4.98. The predicted octanol–water partition coefficient (Wildman–Crippen LogP) is 0.914. The van der Waals surface area contributed by atoms with Gasteiger partial charge in [-0.25, -0.2) is 0 Å². The molecule has 1 heterocycles. The lowest BCUT2D eigenvalue weighted by molar-refractivity contribution is -0.129. The summed E-state index contributed by atoms with van der Waals surface area (Å²) >= 11 is 1.38. The summed E-state index contributed by atoms with van der Waals surface area (Å²) in [6.07, 6.45) is 2.85. The molecule has 0 atom stereocenters. The van der Waals surface area contributed by atoms with E-state index in [4.69, 9.17) is 5.73 Å². The highest BCUT2D eigenvalue weighted by atomic mass is 32.1. The standard InChI is InChI=1S/C9H14N4OS/c1-6-12-13-8(15-6)11-7(14)9(5-10)3-2-4-9/h2-5,10H2,1H3,(H,11,13,14). The van der Waals surface area contributed by atoms with Gasteiger partial charge in [0.15, 0.2) is 0 Å². The predicted molar refractivity (Wildman–Crippen MR) is 58.6 cm³/mol. The molecule has 1 saturated carbocycles. The third-order valence-electron chi connectivity index (χ3n) is 2.93. The number of hydrogen-bond donors (Lipinski definition) is 2. The van der Waals surface area contributed by atoms with E-state index in [0.29, 0.717) is 11.7 Å². The van der Waals surface area contributed by atoms with Crippen molar-refractivity contribution in [3.63, 3.8) is 0 Å². The van der Waals surface area contributed by atoms with Gasteiger partial charge in [0, 0.05) is 6.54 Å². The molecule has 1 aliphatic rings. The second-order valence-corrected chi connectivity index (χ2v) is 5.10. The average Bonchev–Trinajstić information content (AvgIpc) is 2.50. The third kappa shape index (κ3) is 1.87. The second-order valence-electron chi connectivity index (χ2n) is 3.92. The molecule has 0 unspecified atom stereocenters. The number of rotatable bonds is 3. The van der Waals surface area contributed by atoms with Crippen molar-refractivity contribution in [2.45, 2.75) is 26.2 Å². The molecule has 0 bridgehead atoms. The molecule has 1 aromatic rings. The van der Waals surface area contributed by atoms with E-state index >= 15 is 0 Å². The van der Waals surface area contributed by atoms with Gasteiger partial charge in [-0.1, -0.05) is 17.8 Å². The summed E-state index contributed by atoms with van der Waals surface area (Å²) in [6.45, 7) is 2.27. The quantitative estimate of drug-likeness (QED) is 0.803. The molecule has 15 heavy (non-hydrogen) atoms. The lowest BCUT2D eigenvalue weighted by Crippen LogP contribution is -2.47. The van der Waals surface area contributed by atoms with Crippen LogP contribution in [0.3, 0.4) is 0 Å². The van der Waals surface area contributed by atoms with Gasteiger partial charge >= 0.3 is 0 Å². The molecule has 0 radical (unpaired) electrons. The van der Waals surface area contributed by atoms with Crippen LogP contribution in [0.4, 0.5) is 5.13 Å². The van der Waals surface area contributed by atoms with Crippen molar-refractivity contribution in [2.24, 2.45) is 11.1 Å². The summed E-state index contributed by atoms with van der Waals surface area (Å²) in [7, 11) is 0. The number of carbonyl (C=O) groups is 1. The fraction of sp³-hybridized carbons (Fsp3) is 0.667. The van der Waals surface area contributed by atoms with Gasteiger partial charge in [0.25, 0.3) is 0 Å². The van der Waals surface area contributed by atoms with E-state index in [9.17, 15) is 4.79 Å². The molecule has 82 valence electrons. The normalized spacial score (nSPS) is 18.3. The van der Waals surface area contributed by atoms with Gasteiger partial charge in [-0.15, -0.1) is 10.2 Å². The molecule has 0 saturated heterocycles. The van der Waals surface area contributed by atoms with Gasteiger partial charge in [0.2, 0.25) is 11.0 Å². The van der Waals surface area contributed by atoms with Crippen LogP contribution in [0, 0.1) is 12.3 Å². The number of carbonyl (C=O) groups excluding carboxylic acids is 1. The van der Waals surface area contributed by atoms with Crippen LogP contribution in [0.5, 0.6) is 0 Å². The number of nitrogens with zero attached hydrogens (tertiary/aromatic N) is 2. The van der Waals surface area contributed by atoms with Gasteiger partial charge in [-0.05, 0) is 19.8 Å². The van der Waals surface area contributed by atoms with Crippen LogP contribution in [0.1, 0.15) is 24.3 Å². The zero-order valence-corrected chi connectivity index (χ0v) is 9.43. The Bertz CT molecular complexity index is 366. The largest absolute Gasteiger partial charge is 0.329 e. The molecule has 1 amide bonds. The summed E-state index contributed by atoms with van der Waals surface area (Å²) in [5, 5.41) is 11.9.